The number of thiol groups is 1. The fourth-order valence-electron chi connectivity index (χ4n) is 2.40. The van der Waals surface area contributed by atoms with E-state index in [0.29, 0.717) is 17.1 Å². The number of rotatable bonds is 6. The summed E-state index contributed by atoms with van der Waals surface area (Å²) in [4.78, 5) is 0.878. The summed E-state index contributed by atoms with van der Waals surface area (Å²) >= 11 is 4.27. The van der Waals surface area contributed by atoms with Gasteiger partial charge in [-0.1, -0.05) is 0 Å². The second-order valence-corrected chi connectivity index (χ2v) is 6.44. The Morgan fingerprint density at radius 3 is 1.82 bits per heavy atom. The van der Waals surface area contributed by atoms with Crippen molar-refractivity contribution in [2.24, 2.45) is 20.5 Å². The molecule has 0 heterocycles. The second-order valence-electron chi connectivity index (χ2n) is 5.92. The zero-order valence-corrected chi connectivity index (χ0v) is 16.7. The van der Waals surface area contributed by atoms with Crippen LogP contribution in [0.15, 0.2) is 86.0 Å². The maximum Gasteiger partial charge on any atom is 0.148 e. The Bertz CT molecular complexity index is 1000. The Hall–Kier alpha value is -3.19. The van der Waals surface area contributed by atoms with Crippen LogP contribution in [0.2, 0.25) is 0 Å². The van der Waals surface area contributed by atoms with E-state index < -0.39 is 0 Å². The molecule has 28 heavy (non-hydrogen) atoms. The van der Waals surface area contributed by atoms with Gasteiger partial charge in [-0.25, -0.2) is 0 Å². The van der Waals surface area contributed by atoms with Crippen LogP contribution < -0.4 is 9.47 Å². The van der Waals surface area contributed by atoms with Gasteiger partial charge in [-0.05, 0) is 67.1 Å². The van der Waals surface area contributed by atoms with Crippen LogP contribution >= 0.6 is 12.6 Å². The SMILES string of the molecule is COc1ccc(N=Nc2cc(C)c(N=Nc3ccc(S)cc3)cc2OC)cc1. The van der Waals surface area contributed by atoms with E-state index in [1.807, 2.05) is 61.5 Å². The highest BCUT2D eigenvalue weighted by atomic mass is 32.1. The lowest BCUT2D eigenvalue weighted by molar-refractivity contribution is 0.414. The minimum atomic E-state index is 0.572. The molecule has 0 fully saturated rings. The van der Waals surface area contributed by atoms with Crippen LogP contribution in [0, 0.1) is 6.92 Å². The van der Waals surface area contributed by atoms with Gasteiger partial charge in [0.05, 0.1) is 31.3 Å². The molecule has 6 nitrogen and oxygen atoms in total. The topological polar surface area (TPSA) is 67.9 Å². The molecule has 0 aliphatic heterocycles. The minimum Gasteiger partial charge on any atom is -0.497 e. The minimum absolute atomic E-state index is 0.572. The summed E-state index contributed by atoms with van der Waals surface area (Å²) in [6.45, 7) is 1.94. The van der Waals surface area contributed by atoms with E-state index in [2.05, 4.69) is 33.1 Å². The largest absolute Gasteiger partial charge is 0.497 e. The molecule has 3 aromatic rings. The quantitative estimate of drug-likeness (QED) is 0.358. The highest BCUT2D eigenvalue weighted by Crippen LogP contribution is 2.36. The van der Waals surface area contributed by atoms with Crippen molar-refractivity contribution in [2.45, 2.75) is 11.8 Å². The molecule has 142 valence electrons. The Morgan fingerprint density at radius 1 is 0.679 bits per heavy atom. The smallest absolute Gasteiger partial charge is 0.148 e. The van der Waals surface area contributed by atoms with Gasteiger partial charge in [-0.15, -0.1) is 17.7 Å². The fourth-order valence-corrected chi connectivity index (χ4v) is 2.55. The van der Waals surface area contributed by atoms with Crippen LogP contribution in [-0.4, -0.2) is 14.2 Å². The number of benzene rings is 3. The monoisotopic (exact) mass is 392 g/mol. The molecule has 0 N–H and O–H groups in total. The Morgan fingerprint density at radius 2 is 1.25 bits per heavy atom. The van der Waals surface area contributed by atoms with Crippen LogP contribution in [0.3, 0.4) is 0 Å². The molecule has 0 amide bonds. The molecular weight excluding hydrogens is 372 g/mol. The Kier molecular flexibility index (Phi) is 6.39. The van der Waals surface area contributed by atoms with Crippen LogP contribution in [0.25, 0.3) is 0 Å². The maximum absolute atomic E-state index is 5.45. The third kappa shape index (κ3) is 4.95. The zero-order valence-electron chi connectivity index (χ0n) is 15.8. The van der Waals surface area contributed by atoms with E-state index in [0.717, 1.165) is 27.6 Å². The van der Waals surface area contributed by atoms with Gasteiger partial charge in [0.25, 0.3) is 0 Å². The van der Waals surface area contributed by atoms with Crippen molar-refractivity contribution in [3.63, 3.8) is 0 Å². The summed E-state index contributed by atoms with van der Waals surface area (Å²) in [5.41, 5.74) is 3.71. The van der Waals surface area contributed by atoms with E-state index in [-0.39, 0.29) is 0 Å². The summed E-state index contributed by atoms with van der Waals surface area (Å²) in [5, 5.41) is 17.2. The molecule has 0 radical (unpaired) electrons. The molecule has 0 atom stereocenters. The number of hydrogen-bond acceptors (Lipinski definition) is 7. The summed E-state index contributed by atoms with van der Waals surface area (Å²) < 4.78 is 10.6. The predicted molar refractivity (Wildman–Crippen MR) is 113 cm³/mol. The van der Waals surface area contributed by atoms with E-state index >= 15 is 0 Å². The van der Waals surface area contributed by atoms with Crippen molar-refractivity contribution < 1.29 is 9.47 Å². The standard InChI is InChI=1S/C21H20N4O2S/c1-14-12-20(25-23-15-4-8-17(26-2)9-5-15)21(27-3)13-19(14)24-22-16-6-10-18(28)11-7-16/h4-13,28H,1-3H3. The van der Waals surface area contributed by atoms with Crippen molar-refractivity contribution in [1.29, 1.82) is 0 Å². The molecule has 0 saturated carbocycles. The summed E-state index contributed by atoms with van der Waals surface area (Å²) in [6.07, 6.45) is 0. The summed E-state index contributed by atoms with van der Waals surface area (Å²) in [7, 11) is 3.21. The molecule has 0 spiro atoms. The molecule has 0 aromatic heterocycles. The van der Waals surface area contributed by atoms with E-state index in [4.69, 9.17) is 9.47 Å². The van der Waals surface area contributed by atoms with Gasteiger partial charge in [0.15, 0.2) is 0 Å². The van der Waals surface area contributed by atoms with Crippen molar-refractivity contribution in [1.82, 2.24) is 0 Å². The van der Waals surface area contributed by atoms with E-state index in [1.54, 1.807) is 20.3 Å². The molecule has 0 aliphatic rings. The third-order valence-corrected chi connectivity index (χ3v) is 4.26. The molecule has 3 aromatic carbocycles. The van der Waals surface area contributed by atoms with Crippen molar-refractivity contribution in [3.8, 4) is 11.5 Å². The summed E-state index contributed by atoms with van der Waals surface area (Å²) in [5.74, 6) is 1.34. The number of methoxy groups -OCH3 is 2. The van der Waals surface area contributed by atoms with Crippen molar-refractivity contribution >= 4 is 35.4 Å². The van der Waals surface area contributed by atoms with E-state index in [9.17, 15) is 0 Å². The van der Waals surface area contributed by atoms with Crippen molar-refractivity contribution in [2.75, 3.05) is 14.2 Å². The Labute approximate surface area is 169 Å². The molecule has 3 rings (SSSR count). The molecule has 0 aliphatic carbocycles. The van der Waals surface area contributed by atoms with Gasteiger partial charge < -0.3 is 9.47 Å². The normalized spacial score (nSPS) is 11.3. The van der Waals surface area contributed by atoms with E-state index in [1.165, 1.54) is 0 Å². The molecule has 0 saturated heterocycles. The number of azo groups is 2. The number of aryl methyl sites for hydroxylation is 1. The van der Waals surface area contributed by atoms with Gasteiger partial charge in [0.2, 0.25) is 0 Å². The van der Waals surface area contributed by atoms with Gasteiger partial charge in [-0.2, -0.15) is 15.3 Å². The maximum atomic E-state index is 5.45. The van der Waals surface area contributed by atoms with Crippen LogP contribution in [-0.2, 0) is 0 Å². The van der Waals surface area contributed by atoms with Gasteiger partial charge in [0, 0.05) is 11.0 Å². The fraction of sp³-hybridized carbons (Fsp3) is 0.143. The third-order valence-electron chi connectivity index (χ3n) is 3.97. The number of hydrogen-bond donors (Lipinski definition) is 1. The van der Waals surface area contributed by atoms with Crippen LogP contribution in [0.5, 0.6) is 11.5 Å². The zero-order chi connectivity index (χ0) is 19.9. The molecule has 0 unspecified atom stereocenters. The highest BCUT2D eigenvalue weighted by molar-refractivity contribution is 7.80. The lowest BCUT2D eigenvalue weighted by Crippen LogP contribution is -1.85. The van der Waals surface area contributed by atoms with Crippen LogP contribution in [0.4, 0.5) is 22.7 Å². The molecule has 7 heteroatoms. The lowest BCUT2D eigenvalue weighted by Gasteiger charge is -2.07. The number of ether oxygens (including phenoxy) is 2. The van der Waals surface area contributed by atoms with Crippen LogP contribution in [0.1, 0.15) is 5.56 Å². The van der Waals surface area contributed by atoms with Crippen molar-refractivity contribution in [3.05, 3.63) is 66.2 Å². The highest BCUT2D eigenvalue weighted by Gasteiger charge is 2.08. The summed E-state index contributed by atoms with van der Waals surface area (Å²) in [6, 6.07) is 18.5. The first-order chi connectivity index (χ1) is 13.6. The lowest BCUT2D eigenvalue weighted by atomic mass is 10.1. The Balaban J connectivity index is 1.84. The predicted octanol–water partition coefficient (Wildman–Crippen LogP) is 7.13. The average Bonchev–Trinajstić information content (AvgIpc) is 2.73. The first-order valence-corrected chi connectivity index (χ1v) is 8.99. The average molecular weight is 392 g/mol. The second kappa shape index (κ2) is 9.14. The van der Waals surface area contributed by atoms with Gasteiger partial charge in [-0.3, -0.25) is 0 Å². The molecule has 0 bridgehead atoms. The first-order valence-electron chi connectivity index (χ1n) is 8.54. The van der Waals surface area contributed by atoms with Gasteiger partial charge in [0.1, 0.15) is 17.2 Å². The van der Waals surface area contributed by atoms with Gasteiger partial charge >= 0.3 is 0 Å². The number of nitrogens with zero attached hydrogens (tertiary/aromatic N) is 4. The first kappa shape index (κ1) is 19.6. The molecular formula is C21H20N4O2S.